The van der Waals surface area contributed by atoms with Crippen molar-refractivity contribution in [1.29, 1.82) is 0 Å². The maximum Gasteiger partial charge on any atom is 0.323 e. The Morgan fingerprint density at radius 1 is 1.13 bits per heavy atom. The highest BCUT2D eigenvalue weighted by Crippen LogP contribution is 2.52. The molecule has 1 aromatic carbocycles. The molecule has 9 heteroatoms. The van der Waals surface area contributed by atoms with Crippen LogP contribution in [0.4, 0.5) is 16.6 Å². The lowest BCUT2D eigenvalue weighted by atomic mass is 9.91. The normalized spacial score (nSPS) is 20.2. The van der Waals surface area contributed by atoms with E-state index in [1.807, 2.05) is 18.7 Å². The van der Waals surface area contributed by atoms with E-state index in [9.17, 15) is 9.59 Å². The third-order valence-electron chi connectivity index (χ3n) is 8.43. The van der Waals surface area contributed by atoms with Gasteiger partial charge in [-0.3, -0.25) is 14.6 Å². The number of nitrogens with one attached hydrogen (secondary N) is 2. The first-order chi connectivity index (χ1) is 18.7. The molecule has 1 saturated carbocycles. The van der Waals surface area contributed by atoms with Crippen molar-refractivity contribution in [3.05, 3.63) is 59.8 Å². The molecule has 1 aliphatic carbocycles. The smallest absolute Gasteiger partial charge is 0.323 e. The van der Waals surface area contributed by atoms with E-state index in [0.29, 0.717) is 29.8 Å². The summed E-state index contributed by atoms with van der Waals surface area (Å²) >= 11 is 0. The standard InChI is InChI=1S/C30H41N7O2/c1-6-26(38)36-15-13-35(14-16-36)25(17-30(5)11-12-30)23-9-7-22(8-10-23)21(4)33-28-31-18-24-19-32-29(39)37(20(2)3)27(24)34-28/h6-10,18,20-21,25H,1,11-17,19H2,2-5H3,(H,32,39)(H,31,33,34)/t21-,25?/m0/s1. The van der Waals surface area contributed by atoms with Gasteiger partial charge in [-0.25, -0.2) is 9.78 Å². The third kappa shape index (κ3) is 5.93. The van der Waals surface area contributed by atoms with Crippen molar-refractivity contribution in [3.8, 4) is 0 Å². The van der Waals surface area contributed by atoms with Crippen molar-refractivity contribution in [2.45, 2.75) is 71.6 Å². The van der Waals surface area contributed by atoms with E-state index in [4.69, 9.17) is 4.98 Å². The number of carbonyl (C=O) groups excluding carboxylic acids is 2. The number of benzene rings is 1. The fraction of sp³-hybridized carbons (Fsp3) is 0.533. The molecule has 39 heavy (non-hydrogen) atoms. The van der Waals surface area contributed by atoms with E-state index in [1.165, 1.54) is 24.5 Å². The first-order valence-electron chi connectivity index (χ1n) is 14.1. The van der Waals surface area contributed by atoms with Crippen LogP contribution in [-0.2, 0) is 11.3 Å². The van der Waals surface area contributed by atoms with Crippen LogP contribution < -0.4 is 15.5 Å². The van der Waals surface area contributed by atoms with Crippen molar-refractivity contribution < 1.29 is 9.59 Å². The Morgan fingerprint density at radius 2 is 1.79 bits per heavy atom. The van der Waals surface area contributed by atoms with Crippen molar-refractivity contribution in [2.24, 2.45) is 5.41 Å². The predicted molar refractivity (Wildman–Crippen MR) is 153 cm³/mol. The summed E-state index contributed by atoms with van der Waals surface area (Å²) in [4.78, 5) is 39.8. The van der Waals surface area contributed by atoms with Crippen LogP contribution in [0.5, 0.6) is 0 Å². The molecule has 3 amide bonds. The van der Waals surface area contributed by atoms with Crippen LogP contribution >= 0.6 is 0 Å². The number of anilines is 2. The van der Waals surface area contributed by atoms with Gasteiger partial charge in [0, 0.05) is 56.6 Å². The number of amides is 3. The first-order valence-corrected chi connectivity index (χ1v) is 14.1. The maximum atomic E-state index is 12.4. The van der Waals surface area contributed by atoms with Gasteiger partial charge < -0.3 is 15.5 Å². The first kappa shape index (κ1) is 27.1. The van der Waals surface area contributed by atoms with E-state index in [2.05, 4.69) is 65.2 Å². The Balaban J connectivity index is 1.29. The lowest BCUT2D eigenvalue weighted by molar-refractivity contribution is -0.128. The van der Waals surface area contributed by atoms with Crippen LogP contribution in [-0.4, -0.2) is 63.9 Å². The Kier molecular flexibility index (Phi) is 7.62. The summed E-state index contributed by atoms with van der Waals surface area (Å²) in [6.07, 6.45) is 6.92. The average molecular weight is 532 g/mol. The second kappa shape index (κ2) is 11.0. The van der Waals surface area contributed by atoms with Gasteiger partial charge >= 0.3 is 6.03 Å². The molecule has 2 aromatic rings. The highest BCUT2D eigenvalue weighted by atomic mass is 16.2. The maximum absolute atomic E-state index is 12.4. The van der Waals surface area contributed by atoms with Crippen LogP contribution in [0.15, 0.2) is 43.1 Å². The van der Waals surface area contributed by atoms with E-state index in [1.54, 1.807) is 11.1 Å². The summed E-state index contributed by atoms with van der Waals surface area (Å²) in [6.45, 7) is 15.8. The molecule has 2 fully saturated rings. The summed E-state index contributed by atoms with van der Waals surface area (Å²) in [5, 5.41) is 6.31. The Labute approximate surface area is 231 Å². The topological polar surface area (TPSA) is 93.7 Å². The van der Waals surface area contributed by atoms with Gasteiger partial charge in [0.05, 0.1) is 6.04 Å². The van der Waals surface area contributed by atoms with Crippen LogP contribution in [0.2, 0.25) is 0 Å². The highest BCUT2D eigenvalue weighted by molar-refractivity contribution is 5.94. The molecular formula is C30H41N7O2. The zero-order valence-electron chi connectivity index (χ0n) is 23.6. The quantitative estimate of drug-likeness (QED) is 0.458. The minimum absolute atomic E-state index is 0.00474. The van der Waals surface area contributed by atoms with Crippen LogP contribution in [0.1, 0.15) is 75.7 Å². The molecule has 0 radical (unpaired) electrons. The molecule has 9 nitrogen and oxygen atoms in total. The Bertz CT molecular complexity index is 1220. The van der Waals surface area contributed by atoms with E-state index in [-0.39, 0.29) is 24.0 Å². The van der Waals surface area contributed by atoms with E-state index >= 15 is 0 Å². The number of urea groups is 1. The molecule has 0 spiro atoms. The Morgan fingerprint density at radius 3 is 2.41 bits per heavy atom. The minimum Gasteiger partial charge on any atom is -0.348 e. The van der Waals surface area contributed by atoms with Gasteiger partial charge in [-0.2, -0.15) is 4.98 Å². The molecule has 3 aliphatic rings. The zero-order chi connectivity index (χ0) is 27.7. The second-order valence-electron chi connectivity index (χ2n) is 11.8. The third-order valence-corrected chi connectivity index (χ3v) is 8.43. The SMILES string of the molecule is C=CC(=O)N1CCN(C(CC2(C)CC2)c2ccc([C@H](C)Nc3ncc4c(n3)N(C(C)C)C(=O)NC4)cc2)CC1. The average Bonchev–Trinajstić information content (AvgIpc) is 3.67. The number of fused-ring (bicyclic) bond motifs is 1. The van der Waals surface area contributed by atoms with Gasteiger partial charge in [0.25, 0.3) is 0 Å². The van der Waals surface area contributed by atoms with Crippen LogP contribution in [0, 0.1) is 5.41 Å². The van der Waals surface area contributed by atoms with Gasteiger partial charge in [-0.05, 0) is 62.7 Å². The second-order valence-corrected chi connectivity index (χ2v) is 11.8. The largest absolute Gasteiger partial charge is 0.348 e. The molecule has 2 atom stereocenters. The monoisotopic (exact) mass is 531 g/mol. The summed E-state index contributed by atoms with van der Waals surface area (Å²) in [7, 11) is 0. The minimum atomic E-state index is -0.130. The number of rotatable bonds is 9. The molecular weight excluding hydrogens is 490 g/mol. The van der Waals surface area contributed by atoms with Crippen molar-refractivity contribution >= 4 is 23.7 Å². The van der Waals surface area contributed by atoms with Crippen molar-refractivity contribution in [2.75, 3.05) is 36.4 Å². The summed E-state index contributed by atoms with van der Waals surface area (Å²) in [5.41, 5.74) is 3.80. The van der Waals surface area contributed by atoms with Gasteiger partial charge in [-0.1, -0.05) is 37.8 Å². The number of aromatic nitrogens is 2. The molecule has 2 aliphatic heterocycles. The lowest BCUT2D eigenvalue weighted by Crippen LogP contribution is -2.49. The molecule has 208 valence electrons. The Hall–Kier alpha value is -3.46. The van der Waals surface area contributed by atoms with Gasteiger partial charge in [0.15, 0.2) is 0 Å². The summed E-state index contributed by atoms with van der Waals surface area (Å²) in [6, 6.07) is 9.09. The van der Waals surface area contributed by atoms with E-state index < -0.39 is 0 Å². The molecule has 3 heterocycles. The molecule has 2 N–H and O–H groups in total. The fourth-order valence-electron chi connectivity index (χ4n) is 5.64. The van der Waals surface area contributed by atoms with Crippen LogP contribution in [0.3, 0.4) is 0 Å². The number of nitrogens with zero attached hydrogens (tertiary/aromatic N) is 5. The number of piperazine rings is 1. The van der Waals surface area contributed by atoms with Crippen molar-refractivity contribution in [3.63, 3.8) is 0 Å². The lowest BCUT2D eigenvalue weighted by Gasteiger charge is -2.40. The van der Waals surface area contributed by atoms with Crippen molar-refractivity contribution in [1.82, 2.24) is 25.1 Å². The van der Waals surface area contributed by atoms with E-state index in [0.717, 1.165) is 43.7 Å². The molecule has 1 unspecified atom stereocenters. The summed E-state index contributed by atoms with van der Waals surface area (Å²) < 4.78 is 0. The summed E-state index contributed by atoms with van der Waals surface area (Å²) in [5.74, 6) is 1.20. The molecule has 1 aromatic heterocycles. The molecule has 0 bridgehead atoms. The number of hydrogen-bond acceptors (Lipinski definition) is 6. The highest BCUT2D eigenvalue weighted by Gasteiger charge is 2.41. The fourth-order valence-corrected chi connectivity index (χ4v) is 5.64. The molecule has 1 saturated heterocycles. The van der Waals surface area contributed by atoms with Gasteiger partial charge in [-0.15, -0.1) is 0 Å². The van der Waals surface area contributed by atoms with Crippen LogP contribution in [0.25, 0.3) is 0 Å². The van der Waals surface area contributed by atoms with Gasteiger partial charge in [0.2, 0.25) is 11.9 Å². The predicted octanol–water partition coefficient (Wildman–Crippen LogP) is 4.65. The zero-order valence-corrected chi connectivity index (χ0v) is 23.6. The molecule has 5 rings (SSSR count). The number of carbonyl (C=O) groups is 2. The number of hydrogen-bond donors (Lipinski definition) is 2. The van der Waals surface area contributed by atoms with Gasteiger partial charge in [0.1, 0.15) is 5.82 Å².